The molecule has 0 aromatic carbocycles. The second-order valence-electron chi connectivity index (χ2n) is 2.20. The Morgan fingerprint density at radius 1 is 1.69 bits per heavy atom. The van der Waals surface area contributed by atoms with Crippen LogP contribution in [0.2, 0.25) is 0 Å². The Labute approximate surface area is 89.7 Å². The van der Waals surface area contributed by atoms with Crippen LogP contribution in [0.5, 0.6) is 0 Å². The topological polar surface area (TPSA) is 46.2 Å². The lowest BCUT2D eigenvalue weighted by Crippen LogP contribution is -2.22. The number of rotatable bonds is 4. The minimum Gasteiger partial charge on any atom is -0.207 e. The average molecular weight is 282 g/mol. The van der Waals surface area contributed by atoms with Gasteiger partial charge < -0.3 is 0 Å². The molecule has 1 aromatic heterocycles. The van der Waals surface area contributed by atoms with Gasteiger partial charge in [-0.05, 0) is 27.4 Å². The molecular weight excluding hydrogens is 274 g/mol. The van der Waals surface area contributed by atoms with Crippen molar-refractivity contribution in [1.82, 2.24) is 4.72 Å². The highest BCUT2D eigenvalue weighted by molar-refractivity contribution is 9.10. The molecule has 0 unspecified atom stereocenters. The summed E-state index contributed by atoms with van der Waals surface area (Å²) >= 11 is 4.33. The number of halogens is 1. The number of hydrogen-bond acceptors (Lipinski definition) is 3. The Kier molecular flexibility index (Phi) is 3.66. The molecule has 1 heterocycles. The smallest absolute Gasteiger partial charge is 0.207 e. The number of nitrogens with one attached hydrogen (secondary N) is 1. The molecule has 3 nitrogen and oxygen atoms in total. The lowest BCUT2D eigenvalue weighted by atomic mass is 10.7. The molecule has 0 saturated carbocycles. The standard InChI is InChI=1S/C7H8BrNO2S2/c1-2-4-9-13(10,11)7-6(8)3-5-12-7/h2-3,5,9H,1,4H2. The van der Waals surface area contributed by atoms with Crippen LogP contribution in [-0.2, 0) is 10.0 Å². The van der Waals surface area contributed by atoms with Gasteiger partial charge in [-0.1, -0.05) is 6.08 Å². The van der Waals surface area contributed by atoms with Gasteiger partial charge in [-0.3, -0.25) is 0 Å². The lowest BCUT2D eigenvalue weighted by Gasteiger charge is -2.01. The van der Waals surface area contributed by atoms with Gasteiger partial charge in [0.15, 0.2) is 0 Å². The fourth-order valence-electron chi connectivity index (χ4n) is 0.706. The van der Waals surface area contributed by atoms with Crippen molar-refractivity contribution in [2.45, 2.75) is 4.21 Å². The third kappa shape index (κ3) is 2.63. The molecule has 72 valence electrons. The van der Waals surface area contributed by atoms with E-state index in [2.05, 4.69) is 27.2 Å². The van der Waals surface area contributed by atoms with E-state index < -0.39 is 10.0 Å². The van der Waals surface area contributed by atoms with E-state index >= 15 is 0 Å². The molecule has 0 aliphatic rings. The van der Waals surface area contributed by atoms with E-state index in [1.54, 1.807) is 11.4 Å². The van der Waals surface area contributed by atoms with Gasteiger partial charge in [-0.25, -0.2) is 13.1 Å². The summed E-state index contributed by atoms with van der Waals surface area (Å²) in [6, 6.07) is 1.70. The fourth-order valence-corrected chi connectivity index (χ4v) is 4.08. The van der Waals surface area contributed by atoms with Gasteiger partial charge in [0.25, 0.3) is 10.0 Å². The summed E-state index contributed by atoms with van der Waals surface area (Å²) < 4.78 is 26.3. The largest absolute Gasteiger partial charge is 0.251 e. The molecule has 0 spiro atoms. The number of thiophene rings is 1. The van der Waals surface area contributed by atoms with Crippen molar-refractivity contribution in [2.24, 2.45) is 0 Å². The number of hydrogen-bond donors (Lipinski definition) is 1. The van der Waals surface area contributed by atoms with Gasteiger partial charge in [0.1, 0.15) is 4.21 Å². The van der Waals surface area contributed by atoms with E-state index in [0.717, 1.165) is 0 Å². The predicted molar refractivity (Wildman–Crippen MR) is 57.4 cm³/mol. The molecule has 0 amide bonds. The first-order chi connectivity index (χ1) is 6.08. The second kappa shape index (κ2) is 4.36. The predicted octanol–water partition coefficient (Wildman–Crippen LogP) is 1.97. The van der Waals surface area contributed by atoms with Crippen molar-refractivity contribution in [2.75, 3.05) is 6.54 Å². The maximum atomic E-state index is 11.5. The molecule has 13 heavy (non-hydrogen) atoms. The van der Waals surface area contributed by atoms with Crippen molar-refractivity contribution in [3.63, 3.8) is 0 Å². The summed E-state index contributed by atoms with van der Waals surface area (Å²) in [5.41, 5.74) is 0. The Morgan fingerprint density at radius 2 is 2.38 bits per heavy atom. The molecule has 0 fully saturated rings. The zero-order valence-electron chi connectivity index (χ0n) is 6.66. The van der Waals surface area contributed by atoms with Crippen molar-refractivity contribution in [3.8, 4) is 0 Å². The highest BCUT2D eigenvalue weighted by atomic mass is 79.9. The maximum Gasteiger partial charge on any atom is 0.251 e. The lowest BCUT2D eigenvalue weighted by molar-refractivity contribution is 0.587. The molecule has 1 N–H and O–H groups in total. The van der Waals surface area contributed by atoms with Crippen LogP contribution >= 0.6 is 27.3 Å². The zero-order chi connectivity index (χ0) is 9.90. The molecular formula is C7H8BrNO2S2. The first kappa shape index (κ1) is 10.9. The zero-order valence-corrected chi connectivity index (χ0v) is 9.88. The Morgan fingerprint density at radius 3 is 2.85 bits per heavy atom. The van der Waals surface area contributed by atoms with Gasteiger partial charge >= 0.3 is 0 Å². The van der Waals surface area contributed by atoms with E-state index in [-0.39, 0.29) is 6.54 Å². The van der Waals surface area contributed by atoms with Crippen molar-refractivity contribution in [3.05, 3.63) is 28.6 Å². The maximum absolute atomic E-state index is 11.5. The van der Waals surface area contributed by atoms with Gasteiger partial charge in [0.05, 0.1) is 0 Å². The average Bonchev–Trinajstić information content (AvgIpc) is 2.48. The molecule has 0 aliphatic carbocycles. The van der Waals surface area contributed by atoms with Gasteiger partial charge in [-0.2, -0.15) is 0 Å². The van der Waals surface area contributed by atoms with Gasteiger partial charge in [0.2, 0.25) is 0 Å². The molecule has 0 atom stereocenters. The summed E-state index contributed by atoms with van der Waals surface area (Å²) in [5, 5.41) is 1.71. The summed E-state index contributed by atoms with van der Waals surface area (Å²) in [7, 11) is -3.36. The van der Waals surface area contributed by atoms with E-state index in [1.165, 1.54) is 17.4 Å². The van der Waals surface area contributed by atoms with Gasteiger partial charge in [-0.15, -0.1) is 17.9 Å². The molecule has 0 radical (unpaired) electrons. The number of sulfonamides is 1. The van der Waals surface area contributed by atoms with Crippen LogP contribution in [0, 0.1) is 0 Å². The quantitative estimate of drug-likeness (QED) is 0.858. The first-order valence-corrected chi connectivity index (χ1v) is 6.57. The first-order valence-electron chi connectivity index (χ1n) is 3.41. The summed E-state index contributed by atoms with van der Waals surface area (Å²) in [4.78, 5) is 0. The normalized spacial score (nSPS) is 11.5. The third-order valence-electron chi connectivity index (χ3n) is 1.25. The minimum atomic E-state index is -3.36. The summed E-state index contributed by atoms with van der Waals surface area (Å²) in [6.07, 6.45) is 1.50. The minimum absolute atomic E-state index is 0.243. The van der Waals surface area contributed by atoms with E-state index in [4.69, 9.17) is 0 Å². The highest BCUT2D eigenvalue weighted by Gasteiger charge is 2.17. The van der Waals surface area contributed by atoms with Crippen LogP contribution in [0.15, 0.2) is 32.8 Å². The van der Waals surface area contributed by atoms with Gasteiger partial charge in [0, 0.05) is 11.0 Å². The van der Waals surface area contributed by atoms with E-state index in [9.17, 15) is 8.42 Å². The molecule has 1 rings (SSSR count). The Bertz CT molecular complexity index is 396. The van der Waals surface area contributed by atoms with Crippen LogP contribution < -0.4 is 4.72 Å². The molecule has 1 aromatic rings. The highest BCUT2D eigenvalue weighted by Crippen LogP contribution is 2.26. The van der Waals surface area contributed by atoms with Crippen molar-refractivity contribution >= 4 is 37.3 Å². The van der Waals surface area contributed by atoms with Crippen LogP contribution in [0.4, 0.5) is 0 Å². The molecule has 0 aliphatic heterocycles. The van der Waals surface area contributed by atoms with E-state index in [1.807, 2.05) is 0 Å². The van der Waals surface area contributed by atoms with E-state index in [0.29, 0.717) is 8.68 Å². The molecule has 0 bridgehead atoms. The molecule has 6 heteroatoms. The van der Waals surface area contributed by atoms with Crippen LogP contribution in [0.3, 0.4) is 0 Å². The van der Waals surface area contributed by atoms with Crippen LogP contribution in [0.1, 0.15) is 0 Å². The summed E-state index contributed by atoms with van der Waals surface area (Å²) in [5.74, 6) is 0. The van der Waals surface area contributed by atoms with Crippen molar-refractivity contribution in [1.29, 1.82) is 0 Å². The van der Waals surface area contributed by atoms with Crippen LogP contribution in [-0.4, -0.2) is 15.0 Å². The molecule has 0 saturated heterocycles. The monoisotopic (exact) mass is 281 g/mol. The van der Waals surface area contributed by atoms with Crippen LogP contribution in [0.25, 0.3) is 0 Å². The second-order valence-corrected chi connectivity index (χ2v) is 5.93. The fraction of sp³-hybridized carbons (Fsp3) is 0.143. The Hall–Kier alpha value is -0.170. The third-order valence-corrected chi connectivity index (χ3v) is 5.34. The Balaban J connectivity index is 2.94. The SMILES string of the molecule is C=CCNS(=O)(=O)c1sccc1Br. The summed E-state index contributed by atoms with van der Waals surface area (Å²) in [6.45, 7) is 3.67. The van der Waals surface area contributed by atoms with Crippen molar-refractivity contribution < 1.29 is 8.42 Å².